The van der Waals surface area contributed by atoms with Gasteiger partial charge < -0.3 is 0 Å². The summed E-state index contributed by atoms with van der Waals surface area (Å²) in [5.74, 6) is 1.90. The highest BCUT2D eigenvalue weighted by molar-refractivity contribution is 5.29. The van der Waals surface area contributed by atoms with Crippen molar-refractivity contribution in [2.75, 3.05) is 0 Å². The zero-order valence-corrected chi connectivity index (χ0v) is 7.69. The van der Waals surface area contributed by atoms with Gasteiger partial charge in [-0.05, 0) is 43.9 Å². The summed E-state index contributed by atoms with van der Waals surface area (Å²) in [6, 6.07) is 0. The highest BCUT2D eigenvalue weighted by atomic mass is 14.4. The van der Waals surface area contributed by atoms with Gasteiger partial charge in [0.05, 0.1) is 0 Å². The normalized spacial score (nSPS) is 36.5. The van der Waals surface area contributed by atoms with Crippen molar-refractivity contribution in [1.82, 2.24) is 0 Å². The minimum atomic E-state index is 0.928. The highest BCUT2D eigenvalue weighted by Gasteiger charge is 2.31. The monoisotopic (exact) mass is 150 g/mol. The average Bonchev–Trinajstić information content (AvgIpc) is 2.54. The molecule has 0 nitrogen and oxygen atoms in total. The summed E-state index contributed by atoms with van der Waals surface area (Å²) < 4.78 is 0. The Balaban J connectivity index is 2.21. The molecule has 0 N–H and O–H groups in total. The number of allylic oxidation sites excluding steroid dienone is 2. The van der Waals surface area contributed by atoms with E-state index < -0.39 is 0 Å². The Hall–Kier alpha value is -0.260. The van der Waals surface area contributed by atoms with E-state index in [2.05, 4.69) is 13.8 Å². The Kier molecular flexibility index (Phi) is 1.78. The van der Waals surface area contributed by atoms with Crippen LogP contribution in [-0.4, -0.2) is 0 Å². The molecule has 0 heteroatoms. The Morgan fingerprint density at radius 3 is 2.73 bits per heavy atom. The fourth-order valence-electron chi connectivity index (χ4n) is 2.93. The number of hydrogen-bond acceptors (Lipinski definition) is 0. The lowest BCUT2D eigenvalue weighted by atomic mass is 9.90. The smallest absolute Gasteiger partial charge is 0.0197 e. The van der Waals surface area contributed by atoms with E-state index in [0.29, 0.717) is 0 Å². The second-order valence-corrected chi connectivity index (χ2v) is 4.14. The van der Waals surface area contributed by atoms with E-state index in [1.54, 1.807) is 0 Å². The van der Waals surface area contributed by atoms with Crippen LogP contribution in [0, 0.1) is 11.8 Å². The lowest BCUT2D eigenvalue weighted by molar-refractivity contribution is 0.501. The molecule has 0 saturated heterocycles. The predicted octanol–water partition coefficient (Wildman–Crippen LogP) is 3.53. The zero-order valence-electron chi connectivity index (χ0n) is 7.69. The van der Waals surface area contributed by atoms with Crippen LogP contribution in [0.5, 0.6) is 0 Å². The van der Waals surface area contributed by atoms with Gasteiger partial charge in [-0.25, -0.2) is 0 Å². The highest BCUT2D eigenvalue weighted by Crippen LogP contribution is 2.46. The van der Waals surface area contributed by atoms with Gasteiger partial charge in [0.1, 0.15) is 0 Å². The lowest BCUT2D eigenvalue weighted by Crippen LogP contribution is -2.03. The number of hydrogen-bond donors (Lipinski definition) is 0. The summed E-state index contributed by atoms with van der Waals surface area (Å²) in [5, 5.41) is 0. The van der Waals surface area contributed by atoms with E-state index in [0.717, 1.165) is 11.8 Å². The molecule has 2 aliphatic rings. The average molecular weight is 150 g/mol. The van der Waals surface area contributed by atoms with Gasteiger partial charge in [-0.3, -0.25) is 0 Å². The van der Waals surface area contributed by atoms with Gasteiger partial charge >= 0.3 is 0 Å². The third kappa shape index (κ3) is 1.04. The largest absolute Gasteiger partial charge is 0.0704 e. The molecule has 11 heavy (non-hydrogen) atoms. The summed E-state index contributed by atoms with van der Waals surface area (Å²) in [6.07, 6.45) is 7.14. The van der Waals surface area contributed by atoms with Gasteiger partial charge in [0.15, 0.2) is 0 Å². The fraction of sp³-hybridized carbons (Fsp3) is 0.818. The molecule has 2 unspecified atom stereocenters. The molecule has 0 bridgehead atoms. The van der Waals surface area contributed by atoms with Crippen LogP contribution in [0.4, 0.5) is 0 Å². The Bertz CT molecular complexity index is 188. The summed E-state index contributed by atoms with van der Waals surface area (Å²) in [6.45, 7) is 4.75. The maximum atomic E-state index is 2.41. The molecule has 0 heterocycles. The van der Waals surface area contributed by atoms with E-state index in [1.807, 2.05) is 11.1 Å². The second kappa shape index (κ2) is 2.66. The van der Waals surface area contributed by atoms with Crippen molar-refractivity contribution in [3.05, 3.63) is 11.1 Å². The summed E-state index contributed by atoms with van der Waals surface area (Å²) >= 11 is 0. The molecule has 62 valence electrons. The van der Waals surface area contributed by atoms with Crippen molar-refractivity contribution < 1.29 is 0 Å². The third-order valence-corrected chi connectivity index (χ3v) is 3.55. The molecule has 0 aromatic heterocycles. The molecule has 0 saturated carbocycles. The van der Waals surface area contributed by atoms with Gasteiger partial charge in [0.25, 0.3) is 0 Å². The van der Waals surface area contributed by atoms with Gasteiger partial charge in [-0.2, -0.15) is 0 Å². The van der Waals surface area contributed by atoms with E-state index in [-0.39, 0.29) is 0 Å². The quantitative estimate of drug-likeness (QED) is 0.502. The van der Waals surface area contributed by atoms with Crippen LogP contribution < -0.4 is 0 Å². The minimum Gasteiger partial charge on any atom is -0.0704 e. The molecule has 0 aromatic carbocycles. The molecule has 0 aliphatic heterocycles. The molecule has 2 atom stereocenters. The lowest BCUT2D eigenvalue weighted by Gasteiger charge is -2.15. The molecular formula is C11H18. The van der Waals surface area contributed by atoms with Crippen molar-refractivity contribution >= 4 is 0 Å². The van der Waals surface area contributed by atoms with Crippen molar-refractivity contribution in [1.29, 1.82) is 0 Å². The Morgan fingerprint density at radius 1 is 1.27 bits per heavy atom. The molecule has 2 rings (SSSR count). The third-order valence-electron chi connectivity index (χ3n) is 3.55. The van der Waals surface area contributed by atoms with E-state index >= 15 is 0 Å². The summed E-state index contributed by atoms with van der Waals surface area (Å²) in [5.41, 5.74) is 3.71. The van der Waals surface area contributed by atoms with Crippen LogP contribution in [-0.2, 0) is 0 Å². The molecular weight excluding hydrogens is 132 g/mol. The molecule has 2 aliphatic carbocycles. The molecule has 0 radical (unpaired) electrons. The SMILES string of the molecule is CCC1CCC2=C1C(C)CC2. The topological polar surface area (TPSA) is 0 Å². The van der Waals surface area contributed by atoms with E-state index in [1.165, 1.54) is 32.1 Å². The van der Waals surface area contributed by atoms with Crippen LogP contribution in [0.3, 0.4) is 0 Å². The molecule has 0 fully saturated rings. The first-order valence-corrected chi connectivity index (χ1v) is 5.04. The van der Waals surface area contributed by atoms with Crippen molar-refractivity contribution in [3.63, 3.8) is 0 Å². The Labute approximate surface area is 69.7 Å². The maximum Gasteiger partial charge on any atom is -0.0197 e. The standard InChI is InChI=1S/C11H18/c1-3-9-6-7-10-5-4-8(2)11(9)10/h8-9H,3-7H2,1-2H3. The zero-order chi connectivity index (χ0) is 7.84. The van der Waals surface area contributed by atoms with Crippen LogP contribution in [0.15, 0.2) is 11.1 Å². The van der Waals surface area contributed by atoms with E-state index in [9.17, 15) is 0 Å². The van der Waals surface area contributed by atoms with Crippen molar-refractivity contribution in [3.8, 4) is 0 Å². The van der Waals surface area contributed by atoms with Gasteiger partial charge in [0.2, 0.25) is 0 Å². The first-order chi connectivity index (χ1) is 5.33. The summed E-state index contributed by atoms with van der Waals surface area (Å²) in [7, 11) is 0. The van der Waals surface area contributed by atoms with E-state index in [4.69, 9.17) is 0 Å². The second-order valence-electron chi connectivity index (χ2n) is 4.14. The molecule has 0 aromatic rings. The molecule has 0 amide bonds. The van der Waals surface area contributed by atoms with Crippen molar-refractivity contribution in [2.45, 2.75) is 46.0 Å². The number of rotatable bonds is 1. The summed E-state index contributed by atoms with van der Waals surface area (Å²) in [4.78, 5) is 0. The maximum absolute atomic E-state index is 2.41. The Morgan fingerprint density at radius 2 is 2.00 bits per heavy atom. The first-order valence-electron chi connectivity index (χ1n) is 5.04. The minimum absolute atomic E-state index is 0.928. The van der Waals surface area contributed by atoms with Crippen LogP contribution >= 0.6 is 0 Å². The van der Waals surface area contributed by atoms with Crippen LogP contribution in [0.2, 0.25) is 0 Å². The van der Waals surface area contributed by atoms with Crippen molar-refractivity contribution in [2.24, 2.45) is 11.8 Å². The van der Waals surface area contributed by atoms with Gasteiger partial charge in [-0.15, -0.1) is 0 Å². The first kappa shape index (κ1) is 7.39. The van der Waals surface area contributed by atoms with Gasteiger partial charge in [0, 0.05) is 0 Å². The fourth-order valence-corrected chi connectivity index (χ4v) is 2.93. The molecule has 0 spiro atoms. The van der Waals surface area contributed by atoms with Gasteiger partial charge in [-0.1, -0.05) is 25.0 Å². The predicted molar refractivity (Wildman–Crippen MR) is 48.4 cm³/mol. The van der Waals surface area contributed by atoms with Crippen LogP contribution in [0.25, 0.3) is 0 Å². The van der Waals surface area contributed by atoms with Crippen LogP contribution in [0.1, 0.15) is 46.0 Å².